The van der Waals surface area contributed by atoms with Crippen molar-refractivity contribution in [3.8, 4) is 11.4 Å². The maximum atomic E-state index is 13.3. The summed E-state index contributed by atoms with van der Waals surface area (Å²) >= 11 is 3.30. The minimum absolute atomic E-state index is 0.208. The van der Waals surface area contributed by atoms with Crippen LogP contribution in [0.4, 0.5) is 4.39 Å². The largest absolute Gasteiger partial charge is 0.302 e. The maximum Gasteiger partial charge on any atom is 0.191 e. The number of thiophene rings is 1. The van der Waals surface area contributed by atoms with Crippen molar-refractivity contribution in [1.82, 2.24) is 14.8 Å². The highest BCUT2D eigenvalue weighted by molar-refractivity contribution is 7.98. The van der Waals surface area contributed by atoms with Gasteiger partial charge in [-0.25, -0.2) is 4.39 Å². The van der Waals surface area contributed by atoms with Gasteiger partial charge in [-0.3, -0.25) is 0 Å². The molecule has 0 atom stereocenters. The first kappa shape index (κ1) is 16.3. The van der Waals surface area contributed by atoms with Crippen LogP contribution in [0.1, 0.15) is 12.5 Å². The predicted octanol–water partition coefficient (Wildman–Crippen LogP) is 5.61. The Kier molecular flexibility index (Phi) is 4.55. The van der Waals surface area contributed by atoms with Crippen LogP contribution < -0.4 is 0 Å². The molecule has 0 amide bonds. The highest BCUT2D eigenvalue weighted by Crippen LogP contribution is 2.34. The van der Waals surface area contributed by atoms with E-state index in [4.69, 9.17) is 0 Å². The van der Waals surface area contributed by atoms with E-state index < -0.39 is 0 Å². The van der Waals surface area contributed by atoms with Gasteiger partial charge in [0.05, 0.1) is 0 Å². The Morgan fingerprint density at radius 3 is 2.84 bits per heavy atom. The number of halogens is 1. The Balaban J connectivity index is 1.65. The van der Waals surface area contributed by atoms with Crippen LogP contribution in [0.3, 0.4) is 0 Å². The van der Waals surface area contributed by atoms with E-state index in [2.05, 4.69) is 39.2 Å². The Labute approximate surface area is 153 Å². The van der Waals surface area contributed by atoms with Crippen molar-refractivity contribution in [3.05, 3.63) is 65.3 Å². The molecule has 25 heavy (non-hydrogen) atoms. The molecule has 0 aliphatic carbocycles. The molecule has 0 radical (unpaired) electrons. The molecule has 0 bridgehead atoms. The van der Waals surface area contributed by atoms with Gasteiger partial charge in [-0.1, -0.05) is 42.1 Å². The van der Waals surface area contributed by atoms with Crippen LogP contribution in [0.25, 0.3) is 21.5 Å². The zero-order chi connectivity index (χ0) is 17.2. The SMILES string of the molecule is CCn1c(SCc2cccc(F)c2)nnc1-c1csc2ccccc12. The second-order valence-electron chi connectivity index (χ2n) is 5.61. The molecule has 0 saturated heterocycles. The zero-order valence-corrected chi connectivity index (χ0v) is 15.3. The fraction of sp³-hybridized carbons (Fsp3) is 0.158. The second kappa shape index (κ2) is 6.98. The van der Waals surface area contributed by atoms with Crippen LogP contribution in [-0.2, 0) is 12.3 Å². The first-order valence-electron chi connectivity index (χ1n) is 8.03. The molecule has 6 heteroatoms. The van der Waals surface area contributed by atoms with Crippen molar-refractivity contribution in [2.45, 2.75) is 24.4 Å². The summed E-state index contributed by atoms with van der Waals surface area (Å²) in [6, 6.07) is 15.0. The van der Waals surface area contributed by atoms with Crippen LogP contribution in [0.15, 0.2) is 59.1 Å². The molecule has 0 saturated carbocycles. The average Bonchev–Trinajstić information content (AvgIpc) is 3.23. The third-order valence-corrected chi connectivity index (χ3v) is 6.01. The first-order chi connectivity index (χ1) is 12.3. The van der Waals surface area contributed by atoms with E-state index in [1.165, 1.54) is 16.2 Å². The summed E-state index contributed by atoms with van der Waals surface area (Å²) in [5.41, 5.74) is 2.06. The van der Waals surface area contributed by atoms with Gasteiger partial charge in [0, 0.05) is 33.3 Å². The van der Waals surface area contributed by atoms with Gasteiger partial charge in [0.25, 0.3) is 0 Å². The molecule has 2 aromatic heterocycles. The number of rotatable bonds is 5. The third-order valence-electron chi connectivity index (χ3n) is 4.01. The van der Waals surface area contributed by atoms with Crippen LogP contribution >= 0.6 is 23.1 Å². The van der Waals surface area contributed by atoms with Crippen LogP contribution in [-0.4, -0.2) is 14.8 Å². The summed E-state index contributed by atoms with van der Waals surface area (Å²) in [7, 11) is 0. The number of hydrogen-bond acceptors (Lipinski definition) is 4. The fourth-order valence-corrected chi connectivity index (χ4v) is 4.69. The Hall–Kier alpha value is -2.18. The van der Waals surface area contributed by atoms with E-state index >= 15 is 0 Å². The standard InChI is InChI=1S/C19H16FN3S2/c1-2-23-18(16-12-24-17-9-4-3-8-15(16)17)21-22-19(23)25-11-13-6-5-7-14(20)10-13/h3-10,12H,2,11H2,1H3. The van der Waals surface area contributed by atoms with Gasteiger partial charge in [0.15, 0.2) is 11.0 Å². The lowest BCUT2D eigenvalue weighted by molar-refractivity contribution is 0.626. The van der Waals surface area contributed by atoms with Gasteiger partial charge in [-0.2, -0.15) is 0 Å². The van der Waals surface area contributed by atoms with Crippen molar-refractivity contribution in [3.63, 3.8) is 0 Å². The number of hydrogen-bond donors (Lipinski definition) is 0. The summed E-state index contributed by atoms with van der Waals surface area (Å²) in [5.74, 6) is 1.35. The second-order valence-corrected chi connectivity index (χ2v) is 7.47. The molecule has 0 aliphatic rings. The molecule has 0 aliphatic heterocycles. The van der Waals surface area contributed by atoms with Crippen molar-refractivity contribution < 1.29 is 4.39 Å². The van der Waals surface area contributed by atoms with Crippen molar-refractivity contribution in [2.75, 3.05) is 0 Å². The van der Waals surface area contributed by atoms with Crippen molar-refractivity contribution >= 4 is 33.2 Å². The van der Waals surface area contributed by atoms with Gasteiger partial charge < -0.3 is 4.57 Å². The quantitative estimate of drug-likeness (QED) is 0.428. The van der Waals surface area contributed by atoms with Crippen molar-refractivity contribution in [1.29, 1.82) is 0 Å². The molecular weight excluding hydrogens is 353 g/mol. The smallest absolute Gasteiger partial charge is 0.191 e. The Morgan fingerprint density at radius 1 is 1.12 bits per heavy atom. The van der Waals surface area contributed by atoms with E-state index in [0.717, 1.165) is 28.7 Å². The topological polar surface area (TPSA) is 30.7 Å². The van der Waals surface area contributed by atoms with Crippen LogP contribution in [0.2, 0.25) is 0 Å². The average molecular weight is 369 g/mol. The van der Waals surface area contributed by atoms with Crippen LogP contribution in [0.5, 0.6) is 0 Å². The summed E-state index contributed by atoms with van der Waals surface area (Å²) in [6.45, 7) is 2.88. The van der Waals surface area contributed by atoms with Gasteiger partial charge in [-0.05, 0) is 30.7 Å². The number of aromatic nitrogens is 3. The zero-order valence-electron chi connectivity index (χ0n) is 13.6. The normalized spacial score (nSPS) is 11.3. The molecule has 126 valence electrons. The lowest BCUT2D eigenvalue weighted by Gasteiger charge is -2.07. The van der Waals surface area contributed by atoms with E-state index in [-0.39, 0.29) is 5.82 Å². The molecule has 4 aromatic rings. The molecule has 2 heterocycles. The number of nitrogens with zero attached hydrogens (tertiary/aromatic N) is 3. The summed E-state index contributed by atoms with van der Waals surface area (Å²) in [6.07, 6.45) is 0. The minimum Gasteiger partial charge on any atom is -0.302 e. The van der Waals surface area contributed by atoms with E-state index in [1.54, 1.807) is 35.2 Å². The molecule has 0 N–H and O–H groups in total. The minimum atomic E-state index is -0.208. The molecule has 2 aromatic carbocycles. The predicted molar refractivity (Wildman–Crippen MR) is 102 cm³/mol. The van der Waals surface area contributed by atoms with E-state index in [0.29, 0.717) is 5.75 Å². The van der Waals surface area contributed by atoms with Crippen LogP contribution in [0, 0.1) is 5.82 Å². The van der Waals surface area contributed by atoms with Crippen molar-refractivity contribution in [2.24, 2.45) is 0 Å². The fourth-order valence-electron chi connectivity index (χ4n) is 2.81. The molecule has 0 spiro atoms. The lowest BCUT2D eigenvalue weighted by Crippen LogP contribution is -1.99. The number of thioether (sulfide) groups is 1. The lowest BCUT2D eigenvalue weighted by atomic mass is 10.1. The van der Waals surface area contributed by atoms with Gasteiger partial charge in [0.2, 0.25) is 0 Å². The van der Waals surface area contributed by atoms with Gasteiger partial charge in [0.1, 0.15) is 5.82 Å². The highest BCUT2D eigenvalue weighted by Gasteiger charge is 2.16. The molecular formula is C19H16FN3S2. The Morgan fingerprint density at radius 2 is 2.00 bits per heavy atom. The van der Waals surface area contributed by atoms with E-state index in [1.807, 2.05) is 18.2 Å². The first-order valence-corrected chi connectivity index (χ1v) is 9.90. The highest BCUT2D eigenvalue weighted by atomic mass is 32.2. The number of benzene rings is 2. The molecule has 4 rings (SSSR count). The Bertz CT molecular complexity index is 1020. The monoisotopic (exact) mass is 369 g/mol. The third kappa shape index (κ3) is 3.19. The van der Waals surface area contributed by atoms with Gasteiger partial charge >= 0.3 is 0 Å². The maximum absolute atomic E-state index is 13.3. The molecule has 0 fully saturated rings. The summed E-state index contributed by atoms with van der Waals surface area (Å²) in [5, 5.41) is 13.0. The molecule has 0 unspecified atom stereocenters. The number of fused-ring (bicyclic) bond motifs is 1. The molecule has 3 nitrogen and oxygen atoms in total. The van der Waals surface area contributed by atoms with Gasteiger partial charge in [-0.15, -0.1) is 21.5 Å². The summed E-state index contributed by atoms with van der Waals surface area (Å²) in [4.78, 5) is 0. The summed E-state index contributed by atoms with van der Waals surface area (Å²) < 4.78 is 16.7. The van der Waals surface area contributed by atoms with E-state index in [9.17, 15) is 4.39 Å².